The number of carbonyl (C=O) groups is 6. The molecule has 0 atom stereocenters. The minimum absolute atomic E-state index is 0.160. The van der Waals surface area contributed by atoms with Gasteiger partial charge in [-0.3, -0.25) is 53.7 Å². The normalized spacial score (nSPS) is 11.7. The molecule has 0 aliphatic carbocycles. The molecule has 1 fully saturated rings. The van der Waals surface area contributed by atoms with Crippen molar-refractivity contribution in [3.63, 3.8) is 0 Å². The van der Waals surface area contributed by atoms with E-state index in [0.717, 1.165) is 11.8 Å². The highest BCUT2D eigenvalue weighted by Gasteiger charge is 2.23. The Balaban J connectivity index is 0.000000166. The summed E-state index contributed by atoms with van der Waals surface area (Å²) in [6, 6.07) is 59.2. The lowest BCUT2D eigenvalue weighted by Gasteiger charge is -2.26. The van der Waals surface area contributed by atoms with Gasteiger partial charge in [0.1, 0.15) is 17.2 Å². The maximum atomic E-state index is 12.9. The highest BCUT2D eigenvalue weighted by molar-refractivity contribution is 7.90. The fourth-order valence-electron chi connectivity index (χ4n) is 11.4. The maximum absolute atomic E-state index is 12.9. The van der Waals surface area contributed by atoms with E-state index in [9.17, 15) is 50.7 Å². The van der Waals surface area contributed by atoms with E-state index in [2.05, 4.69) is 46.2 Å². The smallest absolute Gasteiger partial charge is 0.272 e. The second kappa shape index (κ2) is 41.2. The van der Waals surface area contributed by atoms with Crippen molar-refractivity contribution in [3.05, 3.63) is 313 Å². The van der Waals surface area contributed by atoms with Gasteiger partial charge >= 0.3 is 0 Å². The molecule has 118 heavy (non-hydrogen) atoms. The second-order valence-corrected chi connectivity index (χ2v) is 33.5. The monoisotopic (exact) mass is 1720 g/mol. The molecule has 1 saturated heterocycles. The van der Waals surface area contributed by atoms with E-state index < -0.39 is 25.6 Å². The third-order valence-electron chi connectivity index (χ3n) is 17.2. The van der Waals surface area contributed by atoms with Crippen LogP contribution in [0.2, 0.25) is 25.1 Å². The number of anilines is 4. The number of phenolic OH excluding ortho intramolecular Hbond substituents is 1. The number of aromatic hydroxyl groups is 1. The van der Waals surface area contributed by atoms with Gasteiger partial charge in [0.2, 0.25) is 0 Å². The molecule has 24 nitrogen and oxygen atoms in total. The molecule has 5 N–H and O–H groups in total. The molecule has 606 valence electrons. The summed E-state index contributed by atoms with van der Waals surface area (Å²) in [6.45, 7) is 6.52. The molecule has 1 aliphatic heterocycles. The maximum Gasteiger partial charge on any atom is 0.272 e. The molecule has 0 saturated carbocycles. The molecule has 6 heterocycles. The van der Waals surface area contributed by atoms with Gasteiger partial charge in [-0.05, 0) is 182 Å². The minimum atomic E-state index is -3.30. The van der Waals surface area contributed by atoms with Gasteiger partial charge in [-0.2, -0.15) is 0 Å². The van der Waals surface area contributed by atoms with Crippen LogP contribution in [0.4, 0.5) is 22.7 Å². The summed E-state index contributed by atoms with van der Waals surface area (Å²) in [4.78, 5) is 99.6. The number of sulfone groups is 2. The zero-order valence-corrected chi connectivity index (χ0v) is 69.7. The topological polar surface area (TPSA) is 328 Å². The number of halogens is 5. The van der Waals surface area contributed by atoms with Crippen LogP contribution in [0.5, 0.6) is 11.5 Å². The average molecular weight is 1730 g/mol. The van der Waals surface area contributed by atoms with Crippen LogP contribution in [0.1, 0.15) is 87.3 Å². The number of morpholine rings is 1. The number of hydrogen-bond donors (Lipinski definition) is 5. The third kappa shape index (κ3) is 25.5. The van der Waals surface area contributed by atoms with E-state index in [0.29, 0.717) is 149 Å². The number of aromatic nitrogens is 5. The lowest BCUT2D eigenvalue weighted by atomic mass is 10.1. The summed E-state index contributed by atoms with van der Waals surface area (Å²) >= 11 is 31.3. The summed E-state index contributed by atoms with van der Waals surface area (Å²) in [5.74, 6) is -1.93. The van der Waals surface area contributed by atoms with Gasteiger partial charge in [0.15, 0.2) is 19.7 Å². The van der Waals surface area contributed by atoms with Crippen LogP contribution in [-0.2, 0) is 35.9 Å². The van der Waals surface area contributed by atoms with E-state index in [1.54, 1.807) is 159 Å². The molecule has 12 aromatic rings. The first-order chi connectivity index (χ1) is 56.3. The Kier molecular flexibility index (Phi) is 30.9. The van der Waals surface area contributed by atoms with Crippen molar-refractivity contribution in [2.45, 2.75) is 25.4 Å². The molecular weight excluding hydrogens is 1650 g/mol. The van der Waals surface area contributed by atoms with Crippen LogP contribution in [-0.4, -0.2) is 152 Å². The fourth-order valence-corrected chi connectivity index (χ4v) is 14.1. The van der Waals surface area contributed by atoms with Crippen molar-refractivity contribution in [1.82, 2.24) is 34.7 Å². The lowest BCUT2D eigenvalue weighted by molar-refractivity contribution is 0.0299. The molecule has 0 bridgehead atoms. The third-order valence-corrected chi connectivity index (χ3v) is 20.5. The number of phenols is 1. The van der Waals surface area contributed by atoms with E-state index >= 15 is 0 Å². The molecule has 1 aliphatic rings. The Hall–Kier alpha value is -12.0. The SMILES string of the molecule is CC(C)COc1cc(C(=O)Nc2ccc(Cl)c(-c3ccccn3)c2)ccc1CS(C)(=O)=O.CN(C)C(=O)c1ccc(C(=O)Nc2ccc(Cl)c(-c3ccccn3)c2)c(Cl)c1.CS(=O)(=O)Cc1ccc(C(=O)Nc2ccc(Cl)c(-c3ccccn3)c2)cc1O.O=C(Nc1ccc(Cl)c(-c2ccccn2)c1)c1ccc(C(=O)N2CCOCC2)nc1. The summed E-state index contributed by atoms with van der Waals surface area (Å²) in [6.07, 6.45) is 10.3. The number of amides is 6. The molecule has 7 aromatic carbocycles. The highest BCUT2D eigenvalue weighted by atomic mass is 35.5. The molecule has 0 spiro atoms. The quantitative estimate of drug-likeness (QED) is 0.0446. The van der Waals surface area contributed by atoms with Crippen LogP contribution >= 0.6 is 58.0 Å². The molecule has 0 radical (unpaired) electrons. The molecule has 31 heteroatoms. The van der Waals surface area contributed by atoms with Gasteiger partial charge in [-0.25, -0.2) is 16.8 Å². The summed E-state index contributed by atoms with van der Waals surface area (Å²) in [5, 5.41) is 23.5. The number of ether oxygens (including phenoxy) is 2. The van der Waals surface area contributed by atoms with Crippen LogP contribution < -0.4 is 26.0 Å². The van der Waals surface area contributed by atoms with E-state index in [1.807, 2.05) is 80.6 Å². The summed E-state index contributed by atoms with van der Waals surface area (Å²) in [5.41, 5.74) is 10.4. The summed E-state index contributed by atoms with van der Waals surface area (Å²) in [7, 11) is -3.25. The predicted molar refractivity (Wildman–Crippen MR) is 463 cm³/mol. The Morgan fingerprint density at radius 1 is 0.458 bits per heavy atom. The zero-order chi connectivity index (χ0) is 84.8. The molecule has 13 rings (SSSR count). The fraction of sp³-hybridized carbons (Fsp3) is 0.161. The number of rotatable bonds is 21. The Bertz CT molecular complexity index is 5870. The predicted octanol–water partition coefficient (Wildman–Crippen LogP) is 17.7. The number of carbonyl (C=O) groups excluding carboxylic acids is 6. The molecular formula is C87H78Cl5N11O13S2. The zero-order valence-electron chi connectivity index (χ0n) is 64.3. The van der Waals surface area contributed by atoms with Crippen LogP contribution in [0.25, 0.3) is 45.0 Å². The first-order valence-electron chi connectivity index (χ1n) is 36.2. The van der Waals surface area contributed by atoms with Gasteiger partial charge in [0.05, 0.1) is 90.3 Å². The number of nitrogens with one attached hydrogen (secondary N) is 4. The molecule has 0 unspecified atom stereocenters. The minimum Gasteiger partial charge on any atom is -0.508 e. The van der Waals surface area contributed by atoms with Gasteiger partial charge in [-0.1, -0.05) is 108 Å². The first-order valence-corrected chi connectivity index (χ1v) is 42.2. The van der Waals surface area contributed by atoms with Crippen LogP contribution in [0, 0.1) is 5.92 Å². The van der Waals surface area contributed by atoms with Gasteiger partial charge < -0.3 is 45.6 Å². The van der Waals surface area contributed by atoms with Crippen molar-refractivity contribution < 1.29 is 60.2 Å². The van der Waals surface area contributed by atoms with Crippen molar-refractivity contribution in [2.75, 3.05) is 80.8 Å². The Labute approximate surface area is 707 Å². The van der Waals surface area contributed by atoms with Crippen molar-refractivity contribution >= 4 is 136 Å². The van der Waals surface area contributed by atoms with Crippen LogP contribution in [0.3, 0.4) is 0 Å². The largest absolute Gasteiger partial charge is 0.508 e. The van der Waals surface area contributed by atoms with Crippen molar-refractivity contribution in [3.8, 4) is 56.5 Å². The number of hydrogen-bond acceptors (Lipinski definition) is 18. The highest BCUT2D eigenvalue weighted by Crippen LogP contribution is 2.35. The standard InChI is InChI=1S/C24H25ClN2O4S.C22H19ClN4O3.C21H17Cl2N3O2.C20H17ClN2O4S/c1-16(2)14-31-23-12-17(7-8-18(23)15-32(3,29)30)24(28)27-19-9-10-21(25)20(13-19)22-6-4-5-11-26-22;23-18-6-5-16(13-17(18)19-3-1-2-8-24-19)26-21(28)15-4-7-20(25-14-15)22(29)27-9-11-30-12-10-27;1-26(2)21(28)13-6-8-15(18(23)11-13)20(27)25-14-7-9-17(22)16(12-14)19-5-3-4-10-24-19;1-28(26,27)12-14-6-5-13(10-19(14)24)20(25)23-15-7-8-17(21)16(11-15)18-4-2-3-9-22-18/h4-13,16H,14-15H2,1-3H3,(H,27,28);1-8,13-14H,9-12H2,(H,26,28);3-12H,1-2H3,(H,25,27);2-11,24H,12H2,1H3,(H,23,25). The number of benzene rings is 7. The Morgan fingerprint density at radius 3 is 1.22 bits per heavy atom. The van der Waals surface area contributed by atoms with E-state index in [1.165, 1.54) is 47.7 Å². The Morgan fingerprint density at radius 2 is 0.847 bits per heavy atom. The van der Waals surface area contributed by atoms with Gasteiger partial charge in [0.25, 0.3) is 35.4 Å². The number of pyridine rings is 5. The van der Waals surface area contributed by atoms with Crippen molar-refractivity contribution in [2.24, 2.45) is 5.92 Å². The van der Waals surface area contributed by atoms with Crippen LogP contribution in [0.15, 0.2) is 243 Å². The van der Waals surface area contributed by atoms with Gasteiger partial charge in [0, 0.05) is 144 Å². The molecule has 6 amide bonds. The van der Waals surface area contributed by atoms with Gasteiger partial charge in [-0.15, -0.1) is 0 Å². The van der Waals surface area contributed by atoms with Crippen molar-refractivity contribution in [1.29, 1.82) is 0 Å². The van der Waals surface area contributed by atoms with E-state index in [-0.39, 0.29) is 74.4 Å². The second-order valence-electron chi connectivity index (χ2n) is 27.2. The number of nitrogens with zero attached hydrogens (tertiary/aromatic N) is 7. The average Bonchev–Trinajstić information content (AvgIpc) is 0.823. The van der Waals surface area contributed by atoms with E-state index in [4.69, 9.17) is 67.5 Å². The first kappa shape index (κ1) is 88.4. The lowest BCUT2D eigenvalue weighted by Crippen LogP contribution is -2.41. The molecule has 5 aromatic heterocycles. The summed E-state index contributed by atoms with van der Waals surface area (Å²) < 4.78 is 57.4.